The zero-order valence-electron chi connectivity index (χ0n) is 7.74. The zero-order valence-corrected chi connectivity index (χ0v) is 8.56. The number of aryl methyl sites for hydroxylation is 1. The summed E-state index contributed by atoms with van der Waals surface area (Å²) in [6, 6.07) is 7.45. The van der Waals surface area contributed by atoms with Crippen LogP contribution in [0.3, 0.4) is 0 Å². The molecular weight excluding hydrogens is 194 g/mol. The van der Waals surface area contributed by atoms with Crippen molar-refractivity contribution < 1.29 is 5.11 Å². The van der Waals surface area contributed by atoms with Gasteiger partial charge in [-0.05, 0) is 24.6 Å². The molecule has 0 saturated heterocycles. The van der Waals surface area contributed by atoms with Gasteiger partial charge in [0.15, 0.2) is 0 Å². The zero-order chi connectivity index (χ0) is 10.1. The first-order valence-electron chi connectivity index (χ1n) is 4.40. The van der Waals surface area contributed by atoms with Crippen LogP contribution in [-0.2, 0) is 6.42 Å². The van der Waals surface area contributed by atoms with Crippen molar-refractivity contribution in [3.05, 3.63) is 28.6 Å². The Bertz CT molecular complexity index is 522. The Morgan fingerprint density at radius 1 is 1.50 bits per heavy atom. The topological polar surface area (TPSA) is 44.0 Å². The molecule has 1 aromatic carbocycles. The van der Waals surface area contributed by atoms with E-state index in [1.807, 2.05) is 18.2 Å². The summed E-state index contributed by atoms with van der Waals surface area (Å²) in [6.07, 6.45) is 0.963. The number of nitrogens with zero attached hydrogens (tertiary/aromatic N) is 1. The summed E-state index contributed by atoms with van der Waals surface area (Å²) >= 11 is 1.67. The van der Waals surface area contributed by atoms with Gasteiger partial charge >= 0.3 is 0 Å². The van der Waals surface area contributed by atoms with Crippen LogP contribution in [0, 0.1) is 11.3 Å². The SMILES string of the molecule is CCc1cc2c(C#N)c(O)ccc2s1. The number of phenols is 1. The summed E-state index contributed by atoms with van der Waals surface area (Å²) in [4.78, 5) is 1.24. The molecule has 0 spiro atoms. The number of hydrogen-bond donors (Lipinski definition) is 1. The molecule has 0 atom stereocenters. The standard InChI is InChI=1S/C11H9NOS/c1-2-7-5-8-9(6-12)10(13)3-4-11(8)14-7/h3-5,13H,2H2,1H3. The second-order valence-electron chi connectivity index (χ2n) is 3.05. The van der Waals surface area contributed by atoms with Gasteiger partial charge in [0.1, 0.15) is 17.4 Å². The smallest absolute Gasteiger partial charge is 0.134 e. The minimum atomic E-state index is 0.0699. The number of phenolic OH excluding ortho intramolecular Hbond substituents is 1. The highest BCUT2D eigenvalue weighted by molar-refractivity contribution is 7.19. The van der Waals surface area contributed by atoms with Crippen LogP contribution in [0.25, 0.3) is 10.1 Å². The molecular formula is C11H9NOS. The molecule has 1 heterocycles. The Labute approximate surface area is 86.0 Å². The molecule has 2 aromatic rings. The maximum atomic E-state index is 9.47. The molecule has 0 unspecified atom stereocenters. The van der Waals surface area contributed by atoms with E-state index in [-0.39, 0.29) is 5.75 Å². The fraction of sp³-hybridized carbons (Fsp3) is 0.182. The van der Waals surface area contributed by atoms with E-state index in [0.717, 1.165) is 16.5 Å². The summed E-state index contributed by atoms with van der Waals surface area (Å²) < 4.78 is 1.07. The number of thiophene rings is 1. The molecule has 70 valence electrons. The Kier molecular flexibility index (Phi) is 2.14. The highest BCUT2D eigenvalue weighted by Gasteiger charge is 2.08. The second-order valence-corrected chi connectivity index (χ2v) is 4.22. The van der Waals surface area contributed by atoms with Crippen molar-refractivity contribution in [3.63, 3.8) is 0 Å². The van der Waals surface area contributed by atoms with Gasteiger partial charge in [0, 0.05) is 15.0 Å². The maximum absolute atomic E-state index is 9.47. The van der Waals surface area contributed by atoms with E-state index < -0.39 is 0 Å². The lowest BCUT2D eigenvalue weighted by Gasteiger charge is -1.95. The third kappa shape index (κ3) is 1.24. The van der Waals surface area contributed by atoms with Crippen LogP contribution < -0.4 is 0 Å². The molecule has 3 heteroatoms. The molecule has 0 radical (unpaired) electrons. The number of aromatic hydroxyl groups is 1. The molecule has 0 aliphatic heterocycles. The molecule has 0 amide bonds. The van der Waals surface area contributed by atoms with Gasteiger partial charge in [-0.2, -0.15) is 5.26 Å². The molecule has 2 nitrogen and oxygen atoms in total. The summed E-state index contributed by atoms with van der Waals surface area (Å²) in [6.45, 7) is 2.08. The normalized spacial score (nSPS) is 10.3. The van der Waals surface area contributed by atoms with Gasteiger partial charge in [-0.15, -0.1) is 11.3 Å². The van der Waals surface area contributed by atoms with E-state index in [1.165, 1.54) is 4.88 Å². The molecule has 1 aromatic heterocycles. The number of fused-ring (bicyclic) bond motifs is 1. The van der Waals surface area contributed by atoms with E-state index in [1.54, 1.807) is 17.4 Å². The number of benzene rings is 1. The third-order valence-corrected chi connectivity index (χ3v) is 3.43. The molecule has 0 aliphatic rings. The van der Waals surface area contributed by atoms with Crippen LogP contribution in [0.1, 0.15) is 17.4 Å². The number of rotatable bonds is 1. The van der Waals surface area contributed by atoms with E-state index in [4.69, 9.17) is 5.26 Å². The second kappa shape index (κ2) is 3.32. The largest absolute Gasteiger partial charge is 0.507 e. The molecule has 0 fully saturated rings. The lowest BCUT2D eigenvalue weighted by Crippen LogP contribution is -1.76. The fourth-order valence-electron chi connectivity index (χ4n) is 1.44. The van der Waals surface area contributed by atoms with E-state index in [9.17, 15) is 5.11 Å². The van der Waals surface area contributed by atoms with Gasteiger partial charge < -0.3 is 5.11 Å². The summed E-state index contributed by atoms with van der Waals surface area (Å²) in [5.74, 6) is 0.0699. The highest BCUT2D eigenvalue weighted by atomic mass is 32.1. The van der Waals surface area contributed by atoms with Gasteiger partial charge in [0.2, 0.25) is 0 Å². The average molecular weight is 203 g/mol. The Morgan fingerprint density at radius 2 is 2.29 bits per heavy atom. The Hall–Kier alpha value is -1.53. The minimum absolute atomic E-state index is 0.0699. The van der Waals surface area contributed by atoms with Crippen molar-refractivity contribution in [2.45, 2.75) is 13.3 Å². The first-order chi connectivity index (χ1) is 6.76. The fourth-order valence-corrected chi connectivity index (χ4v) is 2.46. The molecule has 14 heavy (non-hydrogen) atoms. The lowest BCUT2D eigenvalue weighted by atomic mass is 10.1. The van der Waals surface area contributed by atoms with Crippen molar-refractivity contribution in [2.24, 2.45) is 0 Å². The lowest BCUT2D eigenvalue weighted by molar-refractivity contribution is 0.474. The molecule has 2 rings (SSSR count). The van der Waals surface area contributed by atoms with Gasteiger partial charge in [-0.1, -0.05) is 6.92 Å². The number of hydrogen-bond acceptors (Lipinski definition) is 3. The van der Waals surface area contributed by atoms with Gasteiger partial charge in [-0.3, -0.25) is 0 Å². The predicted molar refractivity (Wildman–Crippen MR) is 57.6 cm³/mol. The molecule has 1 N–H and O–H groups in total. The van der Waals surface area contributed by atoms with Crippen LogP contribution in [0.15, 0.2) is 18.2 Å². The maximum Gasteiger partial charge on any atom is 0.134 e. The molecule has 0 saturated carbocycles. The van der Waals surface area contributed by atoms with Crippen LogP contribution in [-0.4, -0.2) is 5.11 Å². The van der Waals surface area contributed by atoms with Crippen LogP contribution in [0.4, 0.5) is 0 Å². The minimum Gasteiger partial charge on any atom is -0.507 e. The highest BCUT2D eigenvalue weighted by Crippen LogP contribution is 2.32. The molecule has 0 aliphatic carbocycles. The summed E-state index contributed by atoms with van der Waals surface area (Å²) in [7, 11) is 0. The average Bonchev–Trinajstić information content (AvgIpc) is 2.60. The van der Waals surface area contributed by atoms with Gasteiger partial charge in [0.05, 0.1) is 0 Å². The monoisotopic (exact) mass is 203 g/mol. The molecule has 0 bridgehead atoms. The summed E-state index contributed by atoms with van der Waals surface area (Å²) in [5.41, 5.74) is 0.387. The predicted octanol–water partition coefficient (Wildman–Crippen LogP) is 3.04. The number of nitriles is 1. The first-order valence-corrected chi connectivity index (χ1v) is 5.22. The van der Waals surface area contributed by atoms with Crippen molar-refractivity contribution in [2.75, 3.05) is 0 Å². The van der Waals surface area contributed by atoms with E-state index in [0.29, 0.717) is 5.56 Å². The summed E-state index contributed by atoms with van der Waals surface area (Å²) in [5, 5.41) is 19.2. The Balaban J connectivity index is 2.81. The van der Waals surface area contributed by atoms with Gasteiger partial charge in [0.25, 0.3) is 0 Å². The quantitative estimate of drug-likeness (QED) is 0.774. The Morgan fingerprint density at radius 3 is 2.93 bits per heavy atom. The van der Waals surface area contributed by atoms with Crippen molar-refractivity contribution in [1.29, 1.82) is 5.26 Å². The van der Waals surface area contributed by atoms with Crippen LogP contribution in [0.5, 0.6) is 5.75 Å². The van der Waals surface area contributed by atoms with Crippen LogP contribution in [0.2, 0.25) is 0 Å². The van der Waals surface area contributed by atoms with Crippen LogP contribution >= 0.6 is 11.3 Å². The van der Waals surface area contributed by atoms with E-state index >= 15 is 0 Å². The van der Waals surface area contributed by atoms with Crippen molar-refractivity contribution in [1.82, 2.24) is 0 Å². The van der Waals surface area contributed by atoms with Crippen molar-refractivity contribution in [3.8, 4) is 11.8 Å². The van der Waals surface area contributed by atoms with Crippen molar-refractivity contribution >= 4 is 21.4 Å². The first kappa shape index (κ1) is 9.04. The third-order valence-electron chi connectivity index (χ3n) is 2.19. The van der Waals surface area contributed by atoms with E-state index in [2.05, 4.69) is 6.92 Å². The van der Waals surface area contributed by atoms with Gasteiger partial charge in [-0.25, -0.2) is 0 Å².